The molecule has 1 aliphatic carbocycles. The predicted octanol–water partition coefficient (Wildman–Crippen LogP) is 3.91. The fourth-order valence-corrected chi connectivity index (χ4v) is 4.86. The second-order valence-electron chi connectivity index (χ2n) is 7.49. The van der Waals surface area contributed by atoms with Gasteiger partial charge < -0.3 is 0 Å². The van der Waals surface area contributed by atoms with E-state index in [9.17, 15) is 0 Å². The topological polar surface area (TPSA) is 6.48 Å². The van der Waals surface area contributed by atoms with Crippen LogP contribution >= 0.6 is 0 Å². The van der Waals surface area contributed by atoms with Crippen molar-refractivity contribution in [3.63, 3.8) is 0 Å². The van der Waals surface area contributed by atoms with Gasteiger partial charge in [0.25, 0.3) is 0 Å². The molecule has 0 radical (unpaired) electrons. The third-order valence-corrected chi connectivity index (χ3v) is 6.16. The molecule has 20 heavy (non-hydrogen) atoms. The number of hydrogen-bond donors (Lipinski definition) is 0. The van der Waals surface area contributed by atoms with E-state index in [1.165, 1.54) is 90.4 Å². The lowest BCUT2D eigenvalue weighted by molar-refractivity contribution is 0.00646. The van der Waals surface area contributed by atoms with E-state index >= 15 is 0 Å². The van der Waals surface area contributed by atoms with E-state index in [4.69, 9.17) is 0 Å². The van der Waals surface area contributed by atoms with Gasteiger partial charge in [0, 0.05) is 25.2 Å². The van der Waals surface area contributed by atoms with Crippen LogP contribution in [0.4, 0.5) is 0 Å². The molecule has 0 aromatic carbocycles. The number of piperazine rings is 1. The van der Waals surface area contributed by atoms with Crippen LogP contribution in [0.3, 0.4) is 0 Å². The lowest BCUT2D eigenvalue weighted by Gasteiger charge is -2.48. The summed E-state index contributed by atoms with van der Waals surface area (Å²) in [5.41, 5.74) is 0. The Labute approximate surface area is 125 Å². The molecule has 0 aromatic heterocycles. The molecule has 3 rings (SSSR count). The Kier molecular flexibility index (Phi) is 5.39. The molecule has 0 bridgehead atoms. The van der Waals surface area contributed by atoms with Gasteiger partial charge in [-0.1, -0.05) is 39.0 Å². The van der Waals surface area contributed by atoms with Gasteiger partial charge in [-0.05, 0) is 51.1 Å². The minimum atomic E-state index is 0.841. The van der Waals surface area contributed by atoms with Crippen LogP contribution in [0.2, 0.25) is 0 Å². The molecule has 0 aromatic rings. The Bertz CT molecular complexity index is 285. The molecule has 0 N–H and O–H groups in total. The molecule has 0 amide bonds. The second-order valence-corrected chi connectivity index (χ2v) is 7.49. The molecule has 3 aliphatic rings. The lowest BCUT2D eigenvalue weighted by Crippen LogP contribution is -2.59. The number of hydrogen-bond acceptors (Lipinski definition) is 2. The average Bonchev–Trinajstić information content (AvgIpc) is 3.00. The summed E-state index contributed by atoms with van der Waals surface area (Å²) in [6, 6.07) is 1.73. The molecule has 0 spiro atoms. The smallest absolute Gasteiger partial charge is 0.0223 e. The summed E-state index contributed by atoms with van der Waals surface area (Å²) in [5, 5.41) is 0. The molecule has 1 saturated carbocycles. The first-order valence-electron chi connectivity index (χ1n) is 9.35. The molecule has 3 fully saturated rings. The summed E-state index contributed by atoms with van der Waals surface area (Å²) in [7, 11) is 0. The minimum Gasteiger partial charge on any atom is -0.298 e. The van der Waals surface area contributed by atoms with E-state index in [2.05, 4.69) is 16.7 Å². The summed E-state index contributed by atoms with van der Waals surface area (Å²) in [6.07, 6.45) is 14.7. The van der Waals surface area contributed by atoms with Crippen molar-refractivity contribution < 1.29 is 0 Å². The highest BCUT2D eigenvalue weighted by molar-refractivity contribution is 4.90. The highest BCUT2D eigenvalue weighted by atomic mass is 15.3. The van der Waals surface area contributed by atoms with Crippen molar-refractivity contribution in [1.29, 1.82) is 0 Å². The van der Waals surface area contributed by atoms with E-state index < -0.39 is 0 Å². The maximum atomic E-state index is 2.85. The first kappa shape index (κ1) is 14.8. The van der Waals surface area contributed by atoms with E-state index in [1.807, 2.05) is 0 Å². The van der Waals surface area contributed by atoms with Gasteiger partial charge >= 0.3 is 0 Å². The quantitative estimate of drug-likeness (QED) is 0.752. The Morgan fingerprint density at radius 1 is 0.950 bits per heavy atom. The van der Waals surface area contributed by atoms with Crippen LogP contribution < -0.4 is 0 Å². The molecule has 2 atom stereocenters. The van der Waals surface area contributed by atoms with Crippen molar-refractivity contribution in [2.75, 3.05) is 26.2 Å². The zero-order valence-electron chi connectivity index (χ0n) is 13.5. The van der Waals surface area contributed by atoms with Crippen molar-refractivity contribution in [2.45, 2.75) is 83.2 Å². The Morgan fingerprint density at radius 3 is 2.55 bits per heavy atom. The monoisotopic (exact) mass is 278 g/mol. The van der Waals surface area contributed by atoms with E-state index in [1.54, 1.807) is 0 Å². The standard InChI is InChI=1S/C18H34N2/c1-2-17-14-20-12-6-5-11-18(20)15-19(17)13-7-10-16-8-3-4-9-16/h16-18H,2-15H2,1H3. The first-order chi connectivity index (χ1) is 9.86. The largest absolute Gasteiger partial charge is 0.298 e. The van der Waals surface area contributed by atoms with Crippen LogP contribution in [0.5, 0.6) is 0 Å². The van der Waals surface area contributed by atoms with E-state index in [0.717, 1.165) is 18.0 Å². The number of rotatable bonds is 5. The van der Waals surface area contributed by atoms with Crippen LogP contribution in [-0.4, -0.2) is 48.1 Å². The van der Waals surface area contributed by atoms with Crippen molar-refractivity contribution in [3.05, 3.63) is 0 Å². The van der Waals surface area contributed by atoms with Gasteiger partial charge in [0.05, 0.1) is 0 Å². The van der Waals surface area contributed by atoms with Crippen molar-refractivity contribution in [1.82, 2.24) is 9.80 Å². The van der Waals surface area contributed by atoms with Crippen LogP contribution in [0.25, 0.3) is 0 Å². The molecule has 2 saturated heterocycles. The van der Waals surface area contributed by atoms with Crippen molar-refractivity contribution in [2.24, 2.45) is 5.92 Å². The highest BCUT2D eigenvalue weighted by Gasteiger charge is 2.33. The maximum Gasteiger partial charge on any atom is 0.0223 e. The molecular formula is C18H34N2. The fraction of sp³-hybridized carbons (Fsp3) is 1.00. The van der Waals surface area contributed by atoms with E-state index in [0.29, 0.717) is 0 Å². The first-order valence-corrected chi connectivity index (χ1v) is 9.35. The summed E-state index contributed by atoms with van der Waals surface area (Å²) in [5.74, 6) is 1.08. The zero-order valence-corrected chi connectivity index (χ0v) is 13.5. The molecule has 2 aliphatic heterocycles. The predicted molar refractivity (Wildman–Crippen MR) is 86.1 cm³/mol. The van der Waals surface area contributed by atoms with Crippen LogP contribution in [-0.2, 0) is 0 Å². The van der Waals surface area contributed by atoms with E-state index in [-0.39, 0.29) is 0 Å². The summed E-state index contributed by atoms with van der Waals surface area (Å²) in [4.78, 5) is 5.65. The van der Waals surface area contributed by atoms with Crippen molar-refractivity contribution >= 4 is 0 Å². The van der Waals surface area contributed by atoms with Gasteiger partial charge in [0.15, 0.2) is 0 Å². The Balaban J connectivity index is 1.46. The highest BCUT2D eigenvalue weighted by Crippen LogP contribution is 2.30. The van der Waals surface area contributed by atoms with Gasteiger partial charge in [0.2, 0.25) is 0 Å². The van der Waals surface area contributed by atoms with Crippen LogP contribution in [0, 0.1) is 5.92 Å². The average molecular weight is 278 g/mol. The van der Waals surface area contributed by atoms with Crippen LogP contribution in [0.15, 0.2) is 0 Å². The van der Waals surface area contributed by atoms with Gasteiger partial charge in [-0.2, -0.15) is 0 Å². The van der Waals surface area contributed by atoms with Crippen molar-refractivity contribution in [3.8, 4) is 0 Å². The molecule has 2 unspecified atom stereocenters. The maximum absolute atomic E-state index is 2.85. The van der Waals surface area contributed by atoms with Gasteiger partial charge in [-0.15, -0.1) is 0 Å². The third-order valence-electron chi connectivity index (χ3n) is 6.16. The lowest BCUT2D eigenvalue weighted by atomic mass is 9.95. The normalized spacial score (nSPS) is 33.5. The van der Waals surface area contributed by atoms with Crippen LogP contribution in [0.1, 0.15) is 71.1 Å². The van der Waals surface area contributed by atoms with Gasteiger partial charge in [0.1, 0.15) is 0 Å². The zero-order chi connectivity index (χ0) is 13.8. The number of nitrogens with zero attached hydrogens (tertiary/aromatic N) is 2. The summed E-state index contributed by atoms with van der Waals surface area (Å²) >= 11 is 0. The molecule has 116 valence electrons. The summed E-state index contributed by atoms with van der Waals surface area (Å²) < 4.78 is 0. The second kappa shape index (κ2) is 7.26. The Hall–Kier alpha value is -0.0800. The molecule has 2 nitrogen and oxygen atoms in total. The fourth-order valence-electron chi connectivity index (χ4n) is 4.86. The minimum absolute atomic E-state index is 0.841. The summed E-state index contributed by atoms with van der Waals surface area (Å²) in [6.45, 7) is 7.85. The number of fused-ring (bicyclic) bond motifs is 1. The Morgan fingerprint density at radius 2 is 1.75 bits per heavy atom. The SMILES string of the molecule is CCC1CN2CCCCC2CN1CCCC1CCCC1. The van der Waals surface area contributed by atoms with Gasteiger partial charge in [-0.25, -0.2) is 0 Å². The molecular weight excluding hydrogens is 244 g/mol. The van der Waals surface area contributed by atoms with Gasteiger partial charge in [-0.3, -0.25) is 9.80 Å². The number of piperidine rings is 1. The third kappa shape index (κ3) is 3.57. The molecule has 2 heterocycles. The molecule has 2 heteroatoms.